The lowest BCUT2D eigenvalue weighted by Crippen LogP contribution is -2.12. The first kappa shape index (κ1) is 22.1. The highest BCUT2D eigenvalue weighted by molar-refractivity contribution is 5.95. The molecular formula is C24H24FN5O3. The summed E-state index contributed by atoms with van der Waals surface area (Å²) in [6.45, 7) is 3.05. The summed E-state index contributed by atoms with van der Waals surface area (Å²) < 4.78 is 21.7. The molecule has 8 nitrogen and oxygen atoms in total. The molecule has 0 aliphatic rings. The number of aromatic carboxylic acids is 1. The summed E-state index contributed by atoms with van der Waals surface area (Å²) in [6.07, 6.45) is 1.45. The number of aryl methyl sites for hydroxylation is 1. The Morgan fingerprint density at radius 2 is 2.00 bits per heavy atom. The Hall–Kier alpha value is -4.14. The van der Waals surface area contributed by atoms with E-state index >= 15 is 0 Å². The van der Waals surface area contributed by atoms with Crippen molar-refractivity contribution < 1.29 is 19.0 Å². The minimum Gasteiger partial charge on any atom is -0.495 e. The highest BCUT2D eigenvalue weighted by atomic mass is 19.1. The molecule has 2 aromatic heterocycles. The fourth-order valence-corrected chi connectivity index (χ4v) is 3.90. The van der Waals surface area contributed by atoms with Gasteiger partial charge in [0, 0.05) is 48.5 Å². The molecule has 0 radical (unpaired) electrons. The van der Waals surface area contributed by atoms with Gasteiger partial charge in [0.15, 0.2) is 0 Å². The Kier molecular flexibility index (Phi) is 6.12. The van der Waals surface area contributed by atoms with Gasteiger partial charge in [-0.25, -0.2) is 19.2 Å². The lowest BCUT2D eigenvalue weighted by molar-refractivity contribution is 0.0698. The summed E-state index contributed by atoms with van der Waals surface area (Å²) >= 11 is 0. The molecular weight excluding hydrogens is 425 g/mol. The maximum Gasteiger partial charge on any atom is 0.337 e. The zero-order valence-electron chi connectivity index (χ0n) is 18.5. The van der Waals surface area contributed by atoms with E-state index in [4.69, 9.17) is 4.74 Å². The Morgan fingerprint density at radius 1 is 1.18 bits per heavy atom. The maximum atomic E-state index is 14.3. The zero-order chi connectivity index (χ0) is 23.5. The maximum absolute atomic E-state index is 14.3. The van der Waals surface area contributed by atoms with Gasteiger partial charge in [0.1, 0.15) is 23.7 Å². The van der Waals surface area contributed by atoms with E-state index in [0.29, 0.717) is 41.4 Å². The fourth-order valence-electron chi connectivity index (χ4n) is 3.90. The quantitative estimate of drug-likeness (QED) is 0.366. The molecule has 33 heavy (non-hydrogen) atoms. The van der Waals surface area contributed by atoms with Crippen LogP contribution in [0.1, 0.15) is 16.1 Å². The third-order valence-corrected chi connectivity index (χ3v) is 5.52. The van der Waals surface area contributed by atoms with Crippen molar-refractivity contribution >= 4 is 28.4 Å². The molecule has 9 heteroatoms. The molecule has 0 aliphatic carbocycles. The Morgan fingerprint density at radius 3 is 2.73 bits per heavy atom. The van der Waals surface area contributed by atoms with E-state index in [1.165, 1.54) is 12.4 Å². The average molecular weight is 449 g/mol. The Labute approximate surface area is 190 Å². The van der Waals surface area contributed by atoms with E-state index in [1.807, 2.05) is 17.6 Å². The van der Waals surface area contributed by atoms with Gasteiger partial charge in [0.2, 0.25) is 0 Å². The number of halogens is 1. The zero-order valence-corrected chi connectivity index (χ0v) is 18.5. The van der Waals surface area contributed by atoms with E-state index in [-0.39, 0.29) is 11.4 Å². The summed E-state index contributed by atoms with van der Waals surface area (Å²) in [4.78, 5) is 20.0. The number of hydrogen-bond donors (Lipinski definition) is 3. The number of ether oxygens (including phenoxy) is 1. The van der Waals surface area contributed by atoms with Gasteiger partial charge in [-0.2, -0.15) is 0 Å². The van der Waals surface area contributed by atoms with Crippen molar-refractivity contribution in [2.24, 2.45) is 0 Å². The summed E-state index contributed by atoms with van der Waals surface area (Å²) in [5.41, 5.74) is 3.77. The number of anilines is 2. The number of fused-ring (bicyclic) bond motifs is 1. The fraction of sp³-hybridized carbons (Fsp3) is 0.208. The van der Waals surface area contributed by atoms with Crippen LogP contribution in [0.2, 0.25) is 0 Å². The van der Waals surface area contributed by atoms with Crippen molar-refractivity contribution in [1.29, 1.82) is 0 Å². The number of carbonyl (C=O) groups is 1. The first-order valence-electron chi connectivity index (χ1n) is 10.4. The van der Waals surface area contributed by atoms with Gasteiger partial charge in [-0.3, -0.25) is 0 Å². The largest absolute Gasteiger partial charge is 0.495 e. The summed E-state index contributed by atoms with van der Waals surface area (Å²) in [6, 6.07) is 11.7. The molecule has 0 unspecified atom stereocenters. The first-order chi connectivity index (χ1) is 15.9. The molecule has 0 atom stereocenters. The van der Waals surface area contributed by atoms with Gasteiger partial charge < -0.3 is 25.0 Å². The van der Waals surface area contributed by atoms with E-state index in [0.717, 1.165) is 16.8 Å². The SMILES string of the molecule is CNc1cc(-c2cc(NCCn3c(C)cc4c(F)ccc(OC)c43)ncn2)ccc1C(=O)O. The molecule has 0 spiro atoms. The van der Waals surface area contributed by atoms with Gasteiger partial charge in [-0.05, 0) is 37.3 Å². The number of rotatable bonds is 8. The number of nitrogens with one attached hydrogen (secondary N) is 2. The number of aromatic nitrogens is 3. The molecule has 4 aromatic rings. The van der Waals surface area contributed by atoms with Crippen LogP contribution in [0.15, 0.2) is 48.8 Å². The molecule has 0 aliphatic heterocycles. The molecule has 2 aromatic carbocycles. The van der Waals surface area contributed by atoms with Crippen LogP contribution in [0.3, 0.4) is 0 Å². The monoisotopic (exact) mass is 449 g/mol. The third kappa shape index (κ3) is 4.30. The van der Waals surface area contributed by atoms with Gasteiger partial charge in [-0.1, -0.05) is 6.07 Å². The molecule has 4 rings (SSSR count). The van der Waals surface area contributed by atoms with Crippen LogP contribution in [0.5, 0.6) is 5.75 Å². The van der Waals surface area contributed by atoms with Crippen molar-refractivity contribution in [3.8, 4) is 17.0 Å². The van der Waals surface area contributed by atoms with E-state index in [2.05, 4.69) is 20.6 Å². The molecule has 2 heterocycles. The second-order valence-corrected chi connectivity index (χ2v) is 7.48. The van der Waals surface area contributed by atoms with E-state index in [1.54, 1.807) is 44.5 Å². The van der Waals surface area contributed by atoms with Crippen molar-refractivity contribution in [2.75, 3.05) is 31.3 Å². The Balaban J connectivity index is 1.54. The van der Waals surface area contributed by atoms with Crippen LogP contribution in [0.25, 0.3) is 22.2 Å². The number of hydrogen-bond acceptors (Lipinski definition) is 6. The van der Waals surface area contributed by atoms with Gasteiger partial charge >= 0.3 is 5.97 Å². The van der Waals surface area contributed by atoms with E-state index < -0.39 is 5.97 Å². The highest BCUT2D eigenvalue weighted by Gasteiger charge is 2.15. The average Bonchev–Trinajstić information content (AvgIpc) is 3.16. The van der Waals surface area contributed by atoms with E-state index in [9.17, 15) is 14.3 Å². The minimum atomic E-state index is -1.000. The van der Waals surface area contributed by atoms with Crippen molar-refractivity contribution in [3.05, 3.63) is 65.9 Å². The van der Waals surface area contributed by atoms with Crippen LogP contribution >= 0.6 is 0 Å². The minimum absolute atomic E-state index is 0.190. The predicted molar refractivity (Wildman–Crippen MR) is 126 cm³/mol. The topological polar surface area (TPSA) is 101 Å². The molecule has 0 saturated heterocycles. The number of nitrogens with zero attached hydrogens (tertiary/aromatic N) is 3. The highest BCUT2D eigenvalue weighted by Crippen LogP contribution is 2.31. The summed E-state index contributed by atoms with van der Waals surface area (Å²) in [7, 11) is 3.24. The van der Waals surface area contributed by atoms with Crippen molar-refractivity contribution in [3.63, 3.8) is 0 Å². The molecule has 0 saturated carbocycles. The van der Waals surface area contributed by atoms with Crippen molar-refractivity contribution in [1.82, 2.24) is 14.5 Å². The molecule has 0 fully saturated rings. The van der Waals surface area contributed by atoms with Crippen molar-refractivity contribution in [2.45, 2.75) is 13.5 Å². The summed E-state index contributed by atoms with van der Waals surface area (Å²) in [5, 5.41) is 16.0. The first-order valence-corrected chi connectivity index (χ1v) is 10.4. The normalized spacial score (nSPS) is 10.9. The second kappa shape index (κ2) is 9.15. The van der Waals surface area contributed by atoms with Crippen LogP contribution in [0, 0.1) is 12.7 Å². The predicted octanol–water partition coefficient (Wildman–Crippen LogP) is 4.41. The second-order valence-electron chi connectivity index (χ2n) is 7.48. The number of carboxylic acid groups (broad SMARTS) is 1. The molecule has 0 bridgehead atoms. The standard InChI is InChI=1S/C24H24FN5O3/c1-14-10-17-18(25)6-7-21(33-3)23(17)30(14)9-8-27-22-12-19(28-13-29-22)15-4-5-16(24(31)32)20(11-15)26-2/h4-7,10-13,26H,8-9H2,1-3H3,(H,31,32)(H,27,28,29). The van der Waals surface area contributed by atoms with Crippen LogP contribution in [0.4, 0.5) is 15.9 Å². The molecule has 170 valence electrons. The lowest BCUT2D eigenvalue weighted by Gasteiger charge is -2.13. The Bertz CT molecular complexity index is 1340. The van der Waals surface area contributed by atoms with Crippen LogP contribution in [-0.2, 0) is 6.54 Å². The summed E-state index contributed by atoms with van der Waals surface area (Å²) in [5.74, 6) is -0.0364. The molecule has 0 amide bonds. The lowest BCUT2D eigenvalue weighted by atomic mass is 10.1. The van der Waals surface area contributed by atoms with Gasteiger partial charge in [-0.15, -0.1) is 0 Å². The number of carboxylic acids is 1. The third-order valence-electron chi connectivity index (χ3n) is 5.52. The van der Waals surface area contributed by atoms with Gasteiger partial charge in [0.25, 0.3) is 0 Å². The van der Waals surface area contributed by atoms with Crippen LogP contribution in [-0.4, -0.2) is 46.3 Å². The smallest absolute Gasteiger partial charge is 0.337 e. The number of benzene rings is 2. The van der Waals surface area contributed by atoms with Gasteiger partial charge in [0.05, 0.1) is 23.9 Å². The molecule has 3 N–H and O–H groups in total. The number of methoxy groups -OCH3 is 1. The van der Waals surface area contributed by atoms with Crippen LogP contribution < -0.4 is 15.4 Å².